The van der Waals surface area contributed by atoms with E-state index in [4.69, 9.17) is 17.3 Å². The topological polar surface area (TPSA) is 32.5 Å². The number of thiophene rings is 1. The molecule has 0 unspecified atom stereocenters. The second kappa shape index (κ2) is 6.79. The second-order valence-corrected chi connectivity index (χ2v) is 7.30. The lowest BCUT2D eigenvalue weighted by atomic mass is 10.2. The van der Waals surface area contributed by atoms with Gasteiger partial charge in [-0.05, 0) is 29.8 Å². The van der Waals surface area contributed by atoms with Gasteiger partial charge in [0, 0.05) is 49.8 Å². The van der Waals surface area contributed by atoms with Crippen LogP contribution in [0.25, 0.3) is 0 Å². The summed E-state index contributed by atoms with van der Waals surface area (Å²) >= 11 is 7.67. The van der Waals surface area contributed by atoms with E-state index >= 15 is 0 Å². The van der Waals surface area contributed by atoms with Crippen LogP contribution in [0, 0.1) is 0 Å². The number of hydrogen-bond acceptors (Lipinski definition) is 4. The molecular weight excluding hydrogens is 302 g/mol. The van der Waals surface area contributed by atoms with E-state index in [1.54, 1.807) is 11.3 Å². The largest absolute Gasteiger partial charge is 0.399 e. The molecule has 0 radical (unpaired) electrons. The van der Waals surface area contributed by atoms with Gasteiger partial charge < -0.3 is 5.73 Å². The molecule has 21 heavy (non-hydrogen) atoms. The van der Waals surface area contributed by atoms with Crippen LogP contribution in [0.2, 0.25) is 4.34 Å². The van der Waals surface area contributed by atoms with Crippen molar-refractivity contribution in [3.05, 3.63) is 51.2 Å². The molecule has 3 rings (SSSR count). The van der Waals surface area contributed by atoms with Crippen molar-refractivity contribution < 1.29 is 0 Å². The van der Waals surface area contributed by atoms with Crippen molar-refractivity contribution in [2.75, 3.05) is 31.9 Å². The Hall–Kier alpha value is -1.07. The summed E-state index contributed by atoms with van der Waals surface area (Å²) in [5, 5.41) is 0. The molecule has 2 aromatic rings. The summed E-state index contributed by atoms with van der Waals surface area (Å²) in [7, 11) is 0. The molecule has 0 bridgehead atoms. The molecule has 1 aromatic heterocycles. The van der Waals surface area contributed by atoms with Gasteiger partial charge >= 0.3 is 0 Å². The van der Waals surface area contributed by atoms with Gasteiger partial charge in [-0.15, -0.1) is 11.3 Å². The van der Waals surface area contributed by atoms with Crippen molar-refractivity contribution in [1.29, 1.82) is 0 Å². The minimum atomic E-state index is 0.848. The monoisotopic (exact) mass is 321 g/mol. The van der Waals surface area contributed by atoms with Crippen LogP contribution in [0.3, 0.4) is 0 Å². The lowest BCUT2D eigenvalue weighted by Gasteiger charge is -2.34. The van der Waals surface area contributed by atoms with Gasteiger partial charge in [0.2, 0.25) is 0 Å². The zero-order valence-corrected chi connectivity index (χ0v) is 13.5. The van der Waals surface area contributed by atoms with E-state index < -0.39 is 0 Å². The molecule has 0 saturated carbocycles. The smallest absolute Gasteiger partial charge is 0.0931 e. The predicted molar refractivity (Wildman–Crippen MR) is 90.7 cm³/mol. The average Bonchev–Trinajstić information content (AvgIpc) is 2.86. The van der Waals surface area contributed by atoms with Gasteiger partial charge in [0.15, 0.2) is 0 Å². The number of halogens is 1. The Morgan fingerprint density at radius 3 is 2.33 bits per heavy atom. The highest BCUT2D eigenvalue weighted by molar-refractivity contribution is 7.16. The number of anilines is 1. The van der Waals surface area contributed by atoms with Gasteiger partial charge in [-0.1, -0.05) is 23.7 Å². The Morgan fingerprint density at radius 2 is 1.71 bits per heavy atom. The molecule has 0 spiro atoms. The van der Waals surface area contributed by atoms with Gasteiger partial charge in [0.05, 0.1) is 4.34 Å². The van der Waals surface area contributed by atoms with Crippen molar-refractivity contribution in [2.45, 2.75) is 13.1 Å². The first kappa shape index (κ1) is 14.9. The molecule has 2 heterocycles. The Balaban J connectivity index is 1.48. The van der Waals surface area contributed by atoms with Gasteiger partial charge in [-0.25, -0.2) is 0 Å². The number of nitrogens with zero attached hydrogens (tertiary/aromatic N) is 2. The van der Waals surface area contributed by atoms with Crippen molar-refractivity contribution in [3.8, 4) is 0 Å². The maximum absolute atomic E-state index is 5.99. The number of rotatable bonds is 4. The first-order chi connectivity index (χ1) is 10.2. The van der Waals surface area contributed by atoms with E-state index in [9.17, 15) is 0 Å². The molecule has 1 aliphatic heterocycles. The van der Waals surface area contributed by atoms with Crippen molar-refractivity contribution in [3.63, 3.8) is 0 Å². The number of piperazine rings is 1. The summed E-state index contributed by atoms with van der Waals surface area (Å²) in [6, 6.07) is 12.3. The lowest BCUT2D eigenvalue weighted by Crippen LogP contribution is -2.45. The van der Waals surface area contributed by atoms with Crippen LogP contribution < -0.4 is 5.73 Å². The van der Waals surface area contributed by atoms with E-state index in [1.807, 2.05) is 18.2 Å². The zero-order valence-electron chi connectivity index (χ0n) is 12.0. The van der Waals surface area contributed by atoms with E-state index in [0.717, 1.165) is 49.3 Å². The molecule has 1 aromatic carbocycles. The first-order valence-electron chi connectivity index (χ1n) is 7.22. The normalized spacial score (nSPS) is 17.2. The van der Waals surface area contributed by atoms with Crippen molar-refractivity contribution >= 4 is 28.6 Å². The highest BCUT2D eigenvalue weighted by Crippen LogP contribution is 2.23. The molecule has 112 valence electrons. The average molecular weight is 322 g/mol. The Labute approximate surface area is 134 Å². The molecule has 1 fully saturated rings. The van der Waals surface area contributed by atoms with E-state index in [1.165, 1.54) is 10.4 Å². The van der Waals surface area contributed by atoms with Crippen LogP contribution in [0.1, 0.15) is 10.4 Å². The molecule has 1 saturated heterocycles. The van der Waals surface area contributed by atoms with Gasteiger partial charge in [-0.3, -0.25) is 9.80 Å². The first-order valence-corrected chi connectivity index (χ1v) is 8.42. The third-order valence-electron chi connectivity index (χ3n) is 3.83. The Kier molecular flexibility index (Phi) is 4.80. The standard InChI is InChI=1S/C16H20ClN3S/c17-16-5-4-15(21-16)12-20-8-6-19(7-9-20)11-13-2-1-3-14(18)10-13/h1-5,10H,6-9,11-12,18H2. The van der Waals surface area contributed by atoms with Crippen LogP contribution in [-0.4, -0.2) is 36.0 Å². The molecule has 1 aliphatic rings. The van der Waals surface area contributed by atoms with Crippen LogP contribution in [0.4, 0.5) is 5.69 Å². The van der Waals surface area contributed by atoms with Crippen LogP contribution in [0.5, 0.6) is 0 Å². The fourth-order valence-electron chi connectivity index (χ4n) is 2.71. The van der Waals surface area contributed by atoms with Gasteiger partial charge in [-0.2, -0.15) is 0 Å². The minimum absolute atomic E-state index is 0.848. The number of nitrogens with two attached hydrogens (primary N) is 1. The van der Waals surface area contributed by atoms with Crippen LogP contribution in [0.15, 0.2) is 36.4 Å². The summed E-state index contributed by atoms with van der Waals surface area (Å²) in [4.78, 5) is 6.34. The second-order valence-electron chi connectivity index (χ2n) is 5.50. The summed E-state index contributed by atoms with van der Waals surface area (Å²) in [5.41, 5.74) is 7.98. The quantitative estimate of drug-likeness (QED) is 0.877. The summed E-state index contributed by atoms with van der Waals surface area (Å²) < 4.78 is 0.880. The van der Waals surface area contributed by atoms with E-state index in [0.29, 0.717) is 0 Å². The Bertz CT molecular complexity index is 591. The van der Waals surface area contributed by atoms with Gasteiger partial charge in [0.25, 0.3) is 0 Å². The molecule has 5 heteroatoms. The lowest BCUT2D eigenvalue weighted by molar-refractivity contribution is 0.123. The highest BCUT2D eigenvalue weighted by Gasteiger charge is 2.17. The molecule has 0 atom stereocenters. The fraction of sp³-hybridized carbons (Fsp3) is 0.375. The number of benzene rings is 1. The minimum Gasteiger partial charge on any atom is -0.399 e. The third-order valence-corrected chi connectivity index (χ3v) is 5.05. The maximum atomic E-state index is 5.99. The number of hydrogen-bond donors (Lipinski definition) is 1. The van der Waals surface area contributed by atoms with Crippen LogP contribution in [-0.2, 0) is 13.1 Å². The highest BCUT2D eigenvalue weighted by atomic mass is 35.5. The third kappa shape index (κ3) is 4.20. The Morgan fingerprint density at radius 1 is 1.00 bits per heavy atom. The number of nitrogen functional groups attached to an aromatic ring is 1. The van der Waals surface area contributed by atoms with Crippen molar-refractivity contribution in [2.24, 2.45) is 0 Å². The predicted octanol–water partition coefficient (Wildman–Crippen LogP) is 3.30. The molecule has 2 N–H and O–H groups in total. The maximum Gasteiger partial charge on any atom is 0.0931 e. The van der Waals surface area contributed by atoms with Gasteiger partial charge in [0.1, 0.15) is 0 Å². The summed E-state index contributed by atoms with van der Waals surface area (Å²) in [6.07, 6.45) is 0. The summed E-state index contributed by atoms with van der Waals surface area (Å²) in [6.45, 7) is 6.44. The molecule has 0 amide bonds. The molecule has 0 aliphatic carbocycles. The van der Waals surface area contributed by atoms with Crippen molar-refractivity contribution in [1.82, 2.24) is 9.80 Å². The zero-order chi connectivity index (χ0) is 14.7. The fourth-order valence-corrected chi connectivity index (χ4v) is 3.84. The van der Waals surface area contributed by atoms with E-state index in [-0.39, 0.29) is 0 Å². The molecule has 3 nitrogen and oxygen atoms in total. The summed E-state index contributed by atoms with van der Waals surface area (Å²) in [5.74, 6) is 0. The van der Waals surface area contributed by atoms with E-state index in [2.05, 4.69) is 28.0 Å². The molecular formula is C16H20ClN3S. The van der Waals surface area contributed by atoms with Crippen LogP contribution >= 0.6 is 22.9 Å². The SMILES string of the molecule is Nc1cccc(CN2CCN(Cc3ccc(Cl)s3)CC2)c1.